The largest absolute Gasteiger partial charge is 0.325 e. The number of carbonyl (C=O) groups excluding carboxylic acids is 3. The van der Waals surface area contributed by atoms with Crippen LogP contribution in [0.5, 0.6) is 0 Å². The van der Waals surface area contributed by atoms with Crippen molar-refractivity contribution in [2.45, 2.75) is 38.6 Å². The average molecular weight is 397 g/mol. The zero-order valence-electron chi connectivity index (χ0n) is 16.3. The van der Waals surface area contributed by atoms with Crippen LogP contribution in [-0.4, -0.2) is 44.8 Å². The highest BCUT2D eigenvalue weighted by Crippen LogP contribution is 2.39. The maximum absolute atomic E-state index is 13.0. The Hall–Kier alpha value is -3.23. The van der Waals surface area contributed by atoms with Crippen LogP contribution in [-0.2, 0) is 9.59 Å². The highest BCUT2D eigenvalue weighted by atomic mass is 16.2. The molecule has 9 heteroatoms. The third-order valence-electron chi connectivity index (χ3n) is 5.62. The van der Waals surface area contributed by atoms with Crippen LogP contribution in [0.15, 0.2) is 29.1 Å². The van der Waals surface area contributed by atoms with Gasteiger partial charge in [-0.2, -0.15) is 0 Å². The fraction of sp³-hybridized carbons (Fsp3) is 0.450. The number of carbonyl (C=O) groups is 3. The van der Waals surface area contributed by atoms with Crippen molar-refractivity contribution in [3.63, 3.8) is 0 Å². The topological polar surface area (TPSA) is 124 Å². The first-order chi connectivity index (χ1) is 13.8. The fourth-order valence-electron chi connectivity index (χ4n) is 4.68. The number of nitrogens with one attached hydrogen (secondary N) is 3. The van der Waals surface area contributed by atoms with Gasteiger partial charge in [0, 0.05) is 0 Å². The van der Waals surface area contributed by atoms with Gasteiger partial charge < -0.3 is 5.32 Å². The number of amides is 4. The Morgan fingerprint density at radius 1 is 1.21 bits per heavy atom. The van der Waals surface area contributed by atoms with Crippen molar-refractivity contribution in [3.05, 3.63) is 34.6 Å². The summed E-state index contributed by atoms with van der Waals surface area (Å²) in [4.78, 5) is 57.6. The molecular weight excluding hydrogens is 374 g/mol. The minimum Gasteiger partial charge on any atom is -0.323 e. The third-order valence-corrected chi connectivity index (χ3v) is 5.62. The van der Waals surface area contributed by atoms with Gasteiger partial charge in [-0.05, 0) is 43.2 Å². The van der Waals surface area contributed by atoms with Crippen LogP contribution in [0.25, 0.3) is 10.9 Å². The van der Waals surface area contributed by atoms with Crippen LogP contribution < -0.4 is 16.2 Å². The molecule has 1 spiro atoms. The summed E-state index contributed by atoms with van der Waals surface area (Å²) in [6.07, 6.45) is 2.14. The second-order valence-corrected chi connectivity index (χ2v) is 8.24. The number of benzene rings is 1. The van der Waals surface area contributed by atoms with Gasteiger partial charge in [0.15, 0.2) is 0 Å². The van der Waals surface area contributed by atoms with E-state index >= 15 is 0 Å². The molecule has 9 nitrogen and oxygen atoms in total. The zero-order chi connectivity index (χ0) is 20.8. The number of nitrogens with zero attached hydrogens (tertiary/aromatic N) is 2. The number of hydrogen-bond acceptors (Lipinski definition) is 5. The maximum atomic E-state index is 13.0. The van der Waals surface area contributed by atoms with Crippen molar-refractivity contribution in [1.82, 2.24) is 20.2 Å². The molecule has 4 amide bonds. The summed E-state index contributed by atoms with van der Waals surface area (Å²) < 4.78 is 0. The molecule has 1 aromatic carbocycles. The minimum atomic E-state index is -0.927. The second-order valence-electron chi connectivity index (χ2n) is 8.24. The van der Waals surface area contributed by atoms with E-state index in [1.807, 2.05) is 0 Å². The SMILES string of the molecule is CC1CC(C)CC2(C1)NC(=O)N(CC(=O)Nc1nc3ccccc3c(=O)[nH]1)C2=O. The van der Waals surface area contributed by atoms with Crippen LogP contribution in [0.4, 0.5) is 10.7 Å². The summed E-state index contributed by atoms with van der Waals surface area (Å²) in [5.41, 5.74) is -0.875. The number of urea groups is 1. The summed E-state index contributed by atoms with van der Waals surface area (Å²) in [5, 5.41) is 5.69. The van der Waals surface area contributed by atoms with Crippen molar-refractivity contribution in [2.24, 2.45) is 11.8 Å². The Labute approximate surface area is 166 Å². The molecule has 3 N–H and O–H groups in total. The predicted molar refractivity (Wildman–Crippen MR) is 106 cm³/mol. The van der Waals surface area contributed by atoms with E-state index in [2.05, 4.69) is 34.4 Å². The summed E-state index contributed by atoms with van der Waals surface area (Å²) in [6.45, 7) is 3.69. The van der Waals surface area contributed by atoms with E-state index in [-0.39, 0.29) is 17.4 Å². The number of rotatable bonds is 3. The molecule has 2 aliphatic rings. The lowest BCUT2D eigenvalue weighted by molar-refractivity contribution is -0.135. The molecule has 1 saturated heterocycles. The zero-order valence-corrected chi connectivity index (χ0v) is 16.3. The van der Waals surface area contributed by atoms with Gasteiger partial charge in [-0.1, -0.05) is 26.0 Å². The highest BCUT2D eigenvalue weighted by molar-refractivity contribution is 6.10. The van der Waals surface area contributed by atoms with Gasteiger partial charge in [-0.3, -0.25) is 29.6 Å². The van der Waals surface area contributed by atoms with E-state index in [1.165, 1.54) is 0 Å². The first kappa shape index (κ1) is 19.1. The van der Waals surface area contributed by atoms with Gasteiger partial charge in [-0.15, -0.1) is 0 Å². The monoisotopic (exact) mass is 397 g/mol. The van der Waals surface area contributed by atoms with Gasteiger partial charge in [0.05, 0.1) is 10.9 Å². The molecule has 2 fully saturated rings. The molecule has 2 heterocycles. The molecular formula is C20H23N5O4. The normalized spacial score (nSPS) is 26.8. The molecule has 2 unspecified atom stereocenters. The van der Waals surface area contributed by atoms with Crippen molar-refractivity contribution >= 4 is 34.7 Å². The molecule has 2 atom stereocenters. The van der Waals surface area contributed by atoms with E-state index < -0.39 is 24.0 Å². The lowest BCUT2D eigenvalue weighted by Gasteiger charge is -2.37. The Balaban J connectivity index is 1.49. The molecule has 0 radical (unpaired) electrons. The van der Waals surface area contributed by atoms with Gasteiger partial charge >= 0.3 is 6.03 Å². The van der Waals surface area contributed by atoms with Crippen LogP contribution >= 0.6 is 0 Å². The van der Waals surface area contributed by atoms with Crippen LogP contribution in [0, 0.1) is 11.8 Å². The molecule has 1 aromatic heterocycles. The lowest BCUT2D eigenvalue weighted by Crippen LogP contribution is -2.52. The number of H-pyrrole nitrogens is 1. The summed E-state index contributed by atoms with van der Waals surface area (Å²) >= 11 is 0. The van der Waals surface area contributed by atoms with Crippen molar-refractivity contribution < 1.29 is 14.4 Å². The second kappa shape index (κ2) is 6.98. The van der Waals surface area contributed by atoms with E-state index in [9.17, 15) is 19.2 Å². The average Bonchev–Trinajstić information content (AvgIpc) is 2.84. The fourth-order valence-corrected chi connectivity index (χ4v) is 4.68. The van der Waals surface area contributed by atoms with Gasteiger partial charge in [-0.25, -0.2) is 9.78 Å². The van der Waals surface area contributed by atoms with Crippen LogP contribution in [0.3, 0.4) is 0 Å². The maximum Gasteiger partial charge on any atom is 0.325 e. The molecule has 152 valence electrons. The van der Waals surface area contributed by atoms with Crippen molar-refractivity contribution in [1.29, 1.82) is 0 Å². The first-order valence-electron chi connectivity index (χ1n) is 9.70. The van der Waals surface area contributed by atoms with Crippen molar-refractivity contribution in [3.8, 4) is 0 Å². The van der Waals surface area contributed by atoms with Crippen LogP contribution in [0.1, 0.15) is 33.1 Å². The number of fused-ring (bicyclic) bond motifs is 1. The molecule has 1 aliphatic carbocycles. The summed E-state index contributed by atoms with van der Waals surface area (Å²) in [6, 6.07) is 6.18. The molecule has 0 bridgehead atoms. The van der Waals surface area contributed by atoms with Crippen molar-refractivity contribution in [2.75, 3.05) is 11.9 Å². The quantitative estimate of drug-likeness (QED) is 0.679. The number of imide groups is 1. The third kappa shape index (κ3) is 3.48. The molecule has 1 saturated carbocycles. The standard InChI is InChI=1S/C20H23N5O4/c1-11-7-12(2)9-20(8-11)17(28)25(19(29)24-20)10-15(26)22-18-21-14-6-4-3-5-13(14)16(27)23-18/h3-6,11-12H,7-10H2,1-2H3,(H,24,29)(H2,21,22,23,26,27). The Bertz CT molecular complexity index is 1050. The smallest absolute Gasteiger partial charge is 0.323 e. The molecule has 29 heavy (non-hydrogen) atoms. The Morgan fingerprint density at radius 3 is 2.62 bits per heavy atom. The van der Waals surface area contributed by atoms with Crippen LogP contribution in [0.2, 0.25) is 0 Å². The number of aromatic amines is 1. The number of anilines is 1. The van der Waals surface area contributed by atoms with Gasteiger partial charge in [0.25, 0.3) is 11.5 Å². The van der Waals surface area contributed by atoms with E-state index in [1.54, 1.807) is 24.3 Å². The molecule has 4 rings (SSSR count). The highest BCUT2D eigenvalue weighted by Gasteiger charge is 2.54. The molecule has 1 aliphatic heterocycles. The van der Waals surface area contributed by atoms with Gasteiger partial charge in [0.1, 0.15) is 12.1 Å². The minimum absolute atomic E-state index is 0.0274. The summed E-state index contributed by atoms with van der Waals surface area (Å²) in [5.74, 6) is -0.385. The van der Waals surface area contributed by atoms with Gasteiger partial charge in [0.2, 0.25) is 11.9 Å². The Morgan fingerprint density at radius 2 is 1.90 bits per heavy atom. The lowest BCUT2D eigenvalue weighted by atomic mass is 9.71. The molecule has 2 aromatic rings. The van der Waals surface area contributed by atoms with E-state index in [0.717, 1.165) is 11.3 Å². The number of para-hydroxylation sites is 1. The first-order valence-corrected chi connectivity index (χ1v) is 9.70. The van der Waals surface area contributed by atoms with E-state index in [4.69, 9.17) is 0 Å². The number of aromatic nitrogens is 2. The van der Waals surface area contributed by atoms with E-state index in [0.29, 0.717) is 35.6 Å². The Kier molecular flexibility index (Phi) is 4.60. The summed E-state index contributed by atoms with van der Waals surface area (Å²) in [7, 11) is 0. The number of hydrogen-bond donors (Lipinski definition) is 3. The predicted octanol–water partition coefficient (Wildman–Crippen LogP) is 1.61.